The highest BCUT2D eigenvalue weighted by molar-refractivity contribution is 7.90. The number of hydrogen-bond acceptors (Lipinski definition) is 10. The number of carbonyl (C=O) groups excluding carboxylic acids is 1. The summed E-state index contributed by atoms with van der Waals surface area (Å²) in [6.07, 6.45) is 4.52. The number of anilines is 2. The number of hydrogen-bond donors (Lipinski definition) is 2. The van der Waals surface area contributed by atoms with Crippen molar-refractivity contribution in [3.63, 3.8) is 0 Å². The summed E-state index contributed by atoms with van der Waals surface area (Å²) >= 11 is 1.06. The number of pyridine rings is 1. The Morgan fingerprint density at radius 1 is 1.18 bits per heavy atom. The van der Waals surface area contributed by atoms with E-state index in [1.165, 1.54) is 31.6 Å². The number of nitrogens with zero attached hydrogens (tertiary/aromatic N) is 6. The number of ether oxygens (including phenoxy) is 1. The molecule has 2 atom stereocenters. The van der Waals surface area contributed by atoms with Gasteiger partial charge in [-0.25, -0.2) is 22.2 Å². The van der Waals surface area contributed by atoms with Gasteiger partial charge in [0.2, 0.25) is 5.13 Å². The average molecular weight is 565 g/mol. The van der Waals surface area contributed by atoms with Crippen molar-refractivity contribution < 1.29 is 17.9 Å². The van der Waals surface area contributed by atoms with Crippen LogP contribution < -0.4 is 15.4 Å². The molecule has 0 radical (unpaired) electrons. The van der Waals surface area contributed by atoms with Gasteiger partial charge >= 0.3 is 12.0 Å². The Kier molecular flexibility index (Phi) is 6.32. The highest BCUT2D eigenvalue weighted by atomic mass is 32.2. The van der Waals surface area contributed by atoms with E-state index in [1.807, 2.05) is 0 Å². The number of amides is 2. The molecule has 2 N–H and O–H groups in total. The number of rotatable bonds is 6. The van der Waals surface area contributed by atoms with Crippen LogP contribution in [-0.2, 0) is 10.0 Å². The monoisotopic (exact) mass is 564 g/mol. The molecular formula is C25H24N8O4S2. The molecule has 6 rings (SSSR count). The number of fused-ring (bicyclic) bond motifs is 2. The van der Waals surface area contributed by atoms with Crippen molar-refractivity contribution in [2.45, 2.75) is 23.8 Å². The molecule has 1 aliphatic carbocycles. The molecule has 3 aromatic heterocycles. The zero-order valence-electron chi connectivity index (χ0n) is 20.8. The summed E-state index contributed by atoms with van der Waals surface area (Å²) in [5.41, 5.74) is 1.19. The standard InChI is InChI=1S/C25H24N8O4S2/c1-37-23-29-24(38-31-23)30-25(34)32-13-15-9-18(10-16(15)14-32)28-21-17(11-26)12-27-22-20(21)7-8-33(22)39(35,36)19-5-3-2-4-6-19/h2-8,12,15-16,18H,9-10,13-14H2,1H3,(H,27,28)(H,29,30,31,34). The van der Waals surface area contributed by atoms with Gasteiger partial charge in [-0.1, -0.05) is 18.2 Å². The number of nitrogens with one attached hydrogen (secondary N) is 2. The number of aromatic nitrogens is 4. The van der Waals surface area contributed by atoms with Crippen molar-refractivity contribution in [2.75, 3.05) is 30.8 Å². The zero-order chi connectivity index (χ0) is 27.1. The SMILES string of the molecule is COc1nsc(NC(=O)N2CC3CC(Nc4c(C#N)cnc5c4ccn5S(=O)(=O)c4ccccc4)CC3C2)n1. The van der Waals surface area contributed by atoms with E-state index < -0.39 is 10.0 Å². The van der Waals surface area contributed by atoms with E-state index in [0.29, 0.717) is 46.7 Å². The normalized spacial score (nSPS) is 20.5. The lowest BCUT2D eigenvalue weighted by Crippen LogP contribution is -2.34. The maximum atomic E-state index is 13.3. The third kappa shape index (κ3) is 4.53. The van der Waals surface area contributed by atoms with E-state index >= 15 is 0 Å². The molecule has 12 nitrogen and oxygen atoms in total. The van der Waals surface area contributed by atoms with Gasteiger partial charge in [0.1, 0.15) is 6.07 Å². The molecule has 1 saturated carbocycles. The number of likely N-dealkylation sites (tertiary alicyclic amines) is 1. The maximum absolute atomic E-state index is 13.3. The van der Waals surface area contributed by atoms with Crippen LogP contribution in [0.2, 0.25) is 0 Å². The number of methoxy groups -OCH3 is 1. The largest absolute Gasteiger partial charge is 0.466 e. The summed E-state index contributed by atoms with van der Waals surface area (Å²) in [4.78, 5) is 23.1. The van der Waals surface area contributed by atoms with Gasteiger partial charge in [-0.15, -0.1) is 4.37 Å². The number of benzene rings is 1. The molecule has 0 bridgehead atoms. The second-order valence-corrected chi connectivity index (χ2v) is 12.1. The minimum atomic E-state index is -3.85. The summed E-state index contributed by atoms with van der Waals surface area (Å²) in [6, 6.07) is 12.1. The molecule has 2 unspecified atom stereocenters. The van der Waals surface area contributed by atoms with Crippen molar-refractivity contribution in [3.05, 3.63) is 54.4 Å². The summed E-state index contributed by atoms with van der Waals surface area (Å²) in [6.45, 7) is 1.24. The van der Waals surface area contributed by atoms with E-state index in [0.717, 1.165) is 28.3 Å². The van der Waals surface area contributed by atoms with Crippen molar-refractivity contribution in [1.29, 1.82) is 5.26 Å². The molecule has 0 spiro atoms. The zero-order valence-corrected chi connectivity index (χ0v) is 22.4. The Labute approximate surface area is 228 Å². The van der Waals surface area contributed by atoms with Gasteiger partial charge in [0.25, 0.3) is 10.0 Å². The van der Waals surface area contributed by atoms with Crippen molar-refractivity contribution >= 4 is 49.4 Å². The minimum absolute atomic E-state index is 0.0735. The molecular weight excluding hydrogens is 540 g/mol. The number of nitriles is 1. The smallest absolute Gasteiger partial charge is 0.329 e. The predicted octanol–water partition coefficient (Wildman–Crippen LogP) is 3.36. The molecule has 4 aromatic rings. The summed E-state index contributed by atoms with van der Waals surface area (Å²) in [7, 11) is -2.38. The fraction of sp³-hybridized carbons (Fsp3) is 0.320. The van der Waals surface area contributed by atoms with E-state index in [2.05, 4.69) is 31.0 Å². The molecule has 2 fully saturated rings. The first-order valence-corrected chi connectivity index (χ1v) is 14.5. The van der Waals surface area contributed by atoms with Crippen LogP contribution in [0, 0.1) is 23.2 Å². The van der Waals surface area contributed by atoms with E-state index in [4.69, 9.17) is 4.74 Å². The van der Waals surface area contributed by atoms with Crippen molar-refractivity contribution in [3.8, 4) is 12.1 Å². The van der Waals surface area contributed by atoms with Gasteiger partial charge in [-0.05, 0) is 42.9 Å². The van der Waals surface area contributed by atoms with Crippen molar-refractivity contribution in [2.24, 2.45) is 11.8 Å². The van der Waals surface area contributed by atoms with Gasteiger partial charge < -0.3 is 15.0 Å². The number of carbonyl (C=O) groups is 1. The van der Waals surface area contributed by atoms with Gasteiger partial charge in [-0.3, -0.25) is 5.32 Å². The molecule has 2 amide bonds. The van der Waals surface area contributed by atoms with Crippen LogP contribution in [0.3, 0.4) is 0 Å². The summed E-state index contributed by atoms with van der Waals surface area (Å²) in [5, 5.41) is 17.0. The van der Waals surface area contributed by atoms with Crippen LogP contribution in [0.15, 0.2) is 53.7 Å². The Morgan fingerprint density at radius 2 is 1.92 bits per heavy atom. The molecule has 14 heteroatoms. The van der Waals surface area contributed by atoms with Gasteiger partial charge in [0.15, 0.2) is 5.65 Å². The molecule has 2 aliphatic rings. The molecule has 1 aromatic carbocycles. The van der Waals surface area contributed by atoms with Crippen LogP contribution in [0.1, 0.15) is 18.4 Å². The van der Waals surface area contributed by atoms with Crippen LogP contribution in [-0.4, -0.2) is 63.9 Å². The third-order valence-corrected chi connectivity index (χ3v) is 9.59. The van der Waals surface area contributed by atoms with Gasteiger partial charge in [0, 0.05) is 48.4 Å². The Hall–Kier alpha value is -4.22. The minimum Gasteiger partial charge on any atom is -0.466 e. The molecule has 200 valence electrons. The average Bonchev–Trinajstić information content (AvgIpc) is 3.72. The van der Waals surface area contributed by atoms with Crippen molar-refractivity contribution in [1.82, 2.24) is 23.2 Å². The Morgan fingerprint density at radius 3 is 2.59 bits per heavy atom. The first kappa shape index (κ1) is 25.1. The third-order valence-electron chi connectivity index (χ3n) is 7.29. The highest BCUT2D eigenvalue weighted by Crippen LogP contribution is 2.41. The lowest BCUT2D eigenvalue weighted by atomic mass is 10.0. The molecule has 1 saturated heterocycles. The van der Waals surface area contributed by atoms with Crippen LogP contribution >= 0.6 is 11.5 Å². The Balaban J connectivity index is 1.18. The summed E-state index contributed by atoms with van der Waals surface area (Å²) < 4.78 is 36.6. The van der Waals surface area contributed by atoms with Gasteiger partial charge in [0.05, 0.1) is 23.3 Å². The second kappa shape index (κ2) is 9.83. The van der Waals surface area contributed by atoms with E-state index in [1.54, 1.807) is 29.2 Å². The number of urea groups is 1. The highest BCUT2D eigenvalue weighted by Gasteiger charge is 2.43. The lowest BCUT2D eigenvalue weighted by Gasteiger charge is -2.21. The first-order chi connectivity index (χ1) is 18.9. The van der Waals surface area contributed by atoms with E-state index in [-0.39, 0.29) is 28.6 Å². The van der Waals surface area contributed by atoms with Crippen LogP contribution in [0.4, 0.5) is 15.6 Å². The van der Waals surface area contributed by atoms with E-state index in [9.17, 15) is 18.5 Å². The fourth-order valence-corrected chi connectivity index (χ4v) is 7.36. The second-order valence-electron chi connectivity index (χ2n) is 9.58. The maximum Gasteiger partial charge on any atom is 0.329 e. The quantitative estimate of drug-likeness (QED) is 0.359. The molecule has 39 heavy (non-hydrogen) atoms. The van der Waals surface area contributed by atoms with Gasteiger partial charge in [-0.2, -0.15) is 10.2 Å². The Bertz CT molecular complexity index is 1680. The summed E-state index contributed by atoms with van der Waals surface area (Å²) in [5.74, 6) is 0.617. The van der Waals surface area contributed by atoms with Crippen LogP contribution in [0.25, 0.3) is 11.0 Å². The molecule has 1 aliphatic heterocycles. The lowest BCUT2D eigenvalue weighted by molar-refractivity contribution is 0.218. The fourth-order valence-electron chi connectivity index (χ4n) is 5.51. The molecule has 4 heterocycles. The van der Waals surface area contributed by atoms with Crippen LogP contribution in [0.5, 0.6) is 6.01 Å². The first-order valence-electron chi connectivity index (χ1n) is 12.3. The predicted molar refractivity (Wildman–Crippen MR) is 144 cm³/mol. The topological polar surface area (TPSA) is 155 Å².